The molecule has 9 nitrogen and oxygen atoms in total. The van der Waals surface area contributed by atoms with E-state index in [1.807, 2.05) is 0 Å². The van der Waals surface area contributed by atoms with Crippen LogP contribution in [0, 0.1) is 6.92 Å². The van der Waals surface area contributed by atoms with Crippen molar-refractivity contribution in [3.8, 4) is 5.75 Å². The van der Waals surface area contributed by atoms with Gasteiger partial charge in [-0.1, -0.05) is 17.7 Å². The van der Waals surface area contributed by atoms with Crippen molar-refractivity contribution >= 4 is 54.6 Å². The quantitative estimate of drug-likeness (QED) is 0.261. The third kappa shape index (κ3) is 6.39. The molecule has 0 bridgehead atoms. The van der Waals surface area contributed by atoms with Gasteiger partial charge in [-0.15, -0.1) is 0 Å². The number of carbonyl (C=O) groups excluding carboxylic acids is 1. The Morgan fingerprint density at radius 1 is 0.825 bits per heavy atom. The summed E-state index contributed by atoms with van der Waals surface area (Å²) in [7, 11) is -4.78. The van der Waals surface area contributed by atoms with Crippen molar-refractivity contribution in [2.45, 2.75) is 16.7 Å². The van der Waals surface area contributed by atoms with Gasteiger partial charge in [-0.3, -0.25) is 13.8 Å². The molecule has 4 aromatic carbocycles. The van der Waals surface area contributed by atoms with E-state index in [0.29, 0.717) is 33.4 Å². The van der Waals surface area contributed by atoms with E-state index in [1.54, 1.807) is 31.2 Å². The summed E-state index contributed by atoms with van der Waals surface area (Å²) in [4.78, 5) is 12.9. The van der Waals surface area contributed by atoms with E-state index in [0.717, 1.165) is 4.31 Å². The van der Waals surface area contributed by atoms with Crippen LogP contribution in [-0.4, -0.2) is 36.9 Å². The maximum atomic E-state index is 13.0. The number of sulfonamides is 2. The Labute approximate surface area is 238 Å². The molecule has 208 valence electrons. The second kappa shape index (κ2) is 11.6. The van der Waals surface area contributed by atoms with Gasteiger partial charge in [-0.05, 0) is 97.4 Å². The lowest BCUT2D eigenvalue weighted by molar-refractivity contribution is 0.102. The molecule has 12 heteroatoms. The zero-order valence-corrected chi connectivity index (χ0v) is 24.1. The first-order valence-corrected chi connectivity index (χ1v) is 15.1. The molecule has 0 radical (unpaired) electrons. The molecular formula is C28H26ClN3O6S2. The number of benzene rings is 4. The van der Waals surface area contributed by atoms with Gasteiger partial charge in [0.1, 0.15) is 5.75 Å². The number of halogens is 1. The average Bonchev–Trinajstić information content (AvgIpc) is 2.95. The summed E-state index contributed by atoms with van der Waals surface area (Å²) >= 11 is 5.98. The number of nitrogens with zero attached hydrogens (tertiary/aromatic N) is 1. The van der Waals surface area contributed by atoms with Gasteiger partial charge in [0.05, 0.1) is 28.3 Å². The lowest BCUT2D eigenvalue weighted by Crippen LogP contribution is -2.26. The largest absolute Gasteiger partial charge is 0.497 e. The summed E-state index contributed by atoms with van der Waals surface area (Å²) in [5.74, 6) is 0.0908. The molecule has 0 aliphatic rings. The highest BCUT2D eigenvalue weighted by atomic mass is 35.5. The van der Waals surface area contributed by atoms with Gasteiger partial charge in [0.15, 0.2) is 0 Å². The zero-order valence-electron chi connectivity index (χ0n) is 21.8. The van der Waals surface area contributed by atoms with Gasteiger partial charge < -0.3 is 10.1 Å². The molecule has 4 rings (SSSR count). The predicted molar refractivity (Wildman–Crippen MR) is 156 cm³/mol. The molecular weight excluding hydrogens is 574 g/mol. The Bertz CT molecular complexity index is 1740. The van der Waals surface area contributed by atoms with E-state index < -0.39 is 26.0 Å². The molecule has 4 aromatic rings. The monoisotopic (exact) mass is 599 g/mol. The van der Waals surface area contributed by atoms with E-state index in [1.165, 1.54) is 80.9 Å². The van der Waals surface area contributed by atoms with E-state index in [2.05, 4.69) is 10.0 Å². The first-order chi connectivity index (χ1) is 18.9. The Hall–Kier alpha value is -4.06. The van der Waals surface area contributed by atoms with Gasteiger partial charge in [-0.25, -0.2) is 16.8 Å². The summed E-state index contributed by atoms with van der Waals surface area (Å²) in [6.07, 6.45) is 0. The fraction of sp³-hybridized carbons (Fsp3) is 0.107. The van der Waals surface area contributed by atoms with Crippen LogP contribution in [0.2, 0.25) is 5.02 Å². The smallest absolute Gasteiger partial charge is 0.264 e. The van der Waals surface area contributed by atoms with Crippen LogP contribution in [0.25, 0.3) is 0 Å². The summed E-state index contributed by atoms with van der Waals surface area (Å²) < 4.78 is 60.3. The number of nitrogens with one attached hydrogen (secondary N) is 2. The lowest BCUT2D eigenvalue weighted by atomic mass is 10.2. The minimum atomic E-state index is -3.88. The summed E-state index contributed by atoms with van der Waals surface area (Å²) in [5.41, 5.74) is 2.12. The average molecular weight is 600 g/mol. The molecule has 0 saturated heterocycles. The van der Waals surface area contributed by atoms with E-state index >= 15 is 0 Å². The first kappa shape index (κ1) is 28.9. The fourth-order valence-electron chi connectivity index (χ4n) is 3.70. The zero-order chi connectivity index (χ0) is 29.1. The number of amides is 1. The minimum absolute atomic E-state index is 0.00957. The third-order valence-electron chi connectivity index (χ3n) is 6.08. The number of ether oxygens (including phenoxy) is 1. The number of methoxy groups -OCH3 is 1. The first-order valence-electron chi connectivity index (χ1n) is 11.8. The molecule has 0 aromatic heterocycles. The molecule has 0 saturated carbocycles. The molecule has 0 aliphatic heterocycles. The van der Waals surface area contributed by atoms with E-state index in [9.17, 15) is 21.6 Å². The number of carbonyl (C=O) groups is 1. The van der Waals surface area contributed by atoms with Crippen molar-refractivity contribution in [2.75, 3.05) is 28.5 Å². The molecule has 0 aliphatic carbocycles. The maximum Gasteiger partial charge on any atom is 0.264 e. The van der Waals surface area contributed by atoms with Crippen molar-refractivity contribution < 1.29 is 26.4 Å². The molecule has 40 heavy (non-hydrogen) atoms. The van der Waals surface area contributed by atoms with Crippen LogP contribution < -0.4 is 19.1 Å². The van der Waals surface area contributed by atoms with Gasteiger partial charge in [0.25, 0.3) is 26.0 Å². The number of rotatable bonds is 9. The molecule has 2 N–H and O–H groups in total. The molecule has 0 atom stereocenters. The minimum Gasteiger partial charge on any atom is -0.497 e. The van der Waals surface area contributed by atoms with Crippen LogP contribution in [0.15, 0.2) is 101 Å². The Morgan fingerprint density at radius 3 is 2.02 bits per heavy atom. The Morgan fingerprint density at radius 2 is 1.43 bits per heavy atom. The van der Waals surface area contributed by atoms with Crippen molar-refractivity contribution in [3.63, 3.8) is 0 Å². The molecule has 1 amide bonds. The molecule has 0 spiro atoms. The lowest BCUT2D eigenvalue weighted by Gasteiger charge is -2.20. The highest BCUT2D eigenvalue weighted by Gasteiger charge is 2.22. The highest BCUT2D eigenvalue weighted by Crippen LogP contribution is 2.26. The van der Waals surface area contributed by atoms with Crippen molar-refractivity contribution in [1.29, 1.82) is 0 Å². The molecule has 0 heterocycles. The van der Waals surface area contributed by atoms with Gasteiger partial charge in [-0.2, -0.15) is 0 Å². The predicted octanol–water partition coefficient (Wildman–Crippen LogP) is 5.54. The van der Waals surface area contributed by atoms with Gasteiger partial charge in [0, 0.05) is 23.3 Å². The maximum absolute atomic E-state index is 13.0. The van der Waals surface area contributed by atoms with Crippen LogP contribution in [0.1, 0.15) is 15.9 Å². The molecule has 0 unspecified atom stereocenters. The van der Waals surface area contributed by atoms with Crippen LogP contribution >= 0.6 is 11.6 Å². The number of aryl methyl sites for hydroxylation is 1. The molecule has 0 fully saturated rings. The van der Waals surface area contributed by atoms with Gasteiger partial charge >= 0.3 is 0 Å². The summed E-state index contributed by atoms with van der Waals surface area (Å²) in [5, 5.41) is 3.11. The van der Waals surface area contributed by atoms with Crippen LogP contribution in [0.4, 0.5) is 17.1 Å². The van der Waals surface area contributed by atoms with Crippen molar-refractivity contribution in [2.24, 2.45) is 0 Å². The summed E-state index contributed by atoms with van der Waals surface area (Å²) in [6.45, 7) is 1.76. The van der Waals surface area contributed by atoms with E-state index in [4.69, 9.17) is 16.3 Å². The third-order valence-corrected chi connectivity index (χ3v) is 9.49. The van der Waals surface area contributed by atoms with Crippen LogP contribution in [0.5, 0.6) is 5.75 Å². The van der Waals surface area contributed by atoms with Gasteiger partial charge in [0.2, 0.25) is 0 Å². The van der Waals surface area contributed by atoms with E-state index in [-0.39, 0.29) is 15.4 Å². The second-order valence-electron chi connectivity index (χ2n) is 8.74. The topological polar surface area (TPSA) is 122 Å². The standard InChI is InChI=1S/C28H26ClN3O6S2/c1-19-4-7-21(29)18-27(19)31-39(34,35)25-14-8-22(9-15-25)30-28(33)20-5-10-23(11-6-20)32(2)40(36,37)26-16-12-24(38-3)13-17-26/h4-18,31H,1-3H3,(H,30,33). The SMILES string of the molecule is COc1ccc(S(=O)(=O)N(C)c2ccc(C(=O)Nc3ccc(S(=O)(=O)Nc4cc(Cl)ccc4C)cc3)cc2)cc1. The normalized spacial score (nSPS) is 11.5. The summed E-state index contributed by atoms with van der Waals surface area (Å²) in [6, 6.07) is 22.7. The number of hydrogen-bond acceptors (Lipinski definition) is 6. The number of anilines is 3. The Kier molecular flexibility index (Phi) is 8.38. The van der Waals surface area contributed by atoms with Crippen molar-refractivity contribution in [3.05, 3.63) is 107 Å². The second-order valence-corrected chi connectivity index (χ2v) is 12.8. The fourth-order valence-corrected chi connectivity index (χ4v) is 6.19. The highest BCUT2D eigenvalue weighted by molar-refractivity contribution is 7.93. The van der Waals surface area contributed by atoms with Crippen LogP contribution in [-0.2, 0) is 20.0 Å². The van der Waals surface area contributed by atoms with Crippen LogP contribution in [0.3, 0.4) is 0 Å². The Balaban J connectivity index is 1.43. The number of hydrogen-bond donors (Lipinski definition) is 2. The van der Waals surface area contributed by atoms with Crippen molar-refractivity contribution in [1.82, 2.24) is 0 Å².